The van der Waals surface area contributed by atoms with Crippen LogP contribution in [0.15, 0.2) is 40.2 Å². The van der Waals surface area contributed by atoms with Crippen molar-refractivity contribution >= 4 is 39.8 Å². The molecule has 28 heavy (non-hydrogen) atoms. The zero-order valence-electron chi connectivity index (χ0n) is 16.4. The molecule has 1 saturated heterocycles. The van der Waals surface area contributed by atoms with E-state index < -0.39 is 9.84 Å². The van der Waals surface area contributed by atoms with Gasteiger partial charge >= 0.3 is 0 Å². The van der Waals surface area contributed by atoms with Gasteiger partial charge in [0.2, 0.25) is 0 Å². The Balaban J connectivity index is 0.00000392. The van der Waals surface area contributed by atoms with Crippen molar-refractivity contribution in [2.24, 2.45) is 10.9 Å². The van der Waals surface area contributed by atoms with Crippen LogP contribution in [0.3, 0.4) is 0 Å². The molecule has 0 spiro atoms. The summed E-state index contributed by atoms with van der Waals surface area (Å²) in [5, 5.41) is 6.22. The van der Waals surface area contributed by atoms with Gasteiger partial charge in [-0.3, -0.25) is 4.99 Å². The first-order valence-electron chi connectivity index (χ1n) is 9.49. The monoisotopic (exact) mass is 525 g/mol. The lowest BCUT2D eigenvalue weighted by Crippen LogP contribution is -2.40. The highest BCUT2D eigenvalue weighted by atomic mass is 127. The number of benzene rings is 1. The molecule has 160 valence electrons. The number of hydrogen-bond donors (Lipinski definition) is 2. The van der Waals surface area contributed by atoms with Crippen LogP contribution < -0.4 is 10.6 Å². The molecule has 1 heterocycles. The second-order valence-corrected chi connectivity index (χ2v) is 8.65. The topological polar surface area (TPSA) is 89.0 Å². The molecule has 0 saturated carbocycles. The van der Waals surface area contributed by atoms with Crippen LogP contribution in [-0.4, -0.2) is 66.7 Å². The quantitative estimate of drug-likeness (QED) is 0.211. The Kier molecular flexibility index (Phi) is 12.7. The van der Waals surface area contributed by atoms with Crippen molar-refractivity contribution in [2.45, 2.75) is 24.2 Å². The van der Waals surface area contributed by atoms with Gasteiger partial charge in [-0.2, -0.15) is 0 Å². The summed E-state index contributed by atoms with van der Waals surface area (Å²) in [6.07, 6.45) is 3.04. The number of hydrogen-bond acceptors (Lipinski definition) is 5. The van der Waals surface area contributed by atoms with Crippen LogP contribution in [0.25, 0.3) is 0 Å². The standard InChI is InChI=1S/C19H31N3O4S.HI/c1-20-19(21-10-5-12-26-16-17-8-13-25-14-9-17)22-11-15-27(23,24)18-6-3-2-4-7-18;/h2-4,6-7,17H,5,8-16H2,1H3,(H2,20,21,22);1H. The summed E-state index contributed by atoms with van der Waals surface area (Å²) in [6, 6.07) is 8.48. The fraction of sp³-hybridized carbons (Fsp3) is 0.632. The average molecular weight is 525 g/mol. The van der Waals surface area contributed by atoms with Gasteiger partial charge in [-0.05, 0) is 37.3 Å². The SMILES string of the molecule is CN=C(NCCCOCC1CCOCC1)NCCS(=O)(=O)c1ccccc1.I. The smallest absolute Gasteiger partial charge is 0.191 e. The van der Waals surface area contributed by atoms with E-state index in [2.05, 4.69) is 15.6 Å². The van der Waals surface area contributed by atoms with Crippen molar-refractivity contribution in [3.05, 3.63) is 30.3 Å². The third kappa shape index (κ3) is 9.53. The van der Waals surface area contributed by atoms with Gasteiger partial charge in [-0.1, -0.05) is 18.2 Å². The van der Waals surface area contributed by atoms with E-state index in [1.807, 2.05) is 0 Å². The van der Waals surface area contributed by atoms with Gasteiger partial charge in [0.25, 0.3) is 0 Å². The lowest BCUT2D eigenvalue weighted by atomic mass is 10.0. The molecule has 0 atom stereocenters. The Morgan fingerprint density at radius 1 is 1.18 bits per heavy atom. The molecule has 0 aromatic heterocycles. The number of halogens is 1. The summed E-state index contributed by atoms with van der Waals surface area (Å²) >= 11 is 0. The van der Waals surface area contributed by atoms with Crippen LogP contribution in [0.2, 0.25) is 0 Å². The first-order valence-corrected chi connectivity index (χ1v) is 11.1. The summed E-state index contributed by atoms with van der Waals surface area (Å²) < 4.78 is 35.5. The van der Waals surface area contributed by atoms with Crippen molar-refractivity contribution in [3.8, 4) is 0 Å². The Morgan fingerprint density at radius 3 is 2.54 bits per heavy atom. The number of guanidine groups is 1. The summed E-state index contributed by atoms with van der Waals surface area (Å²) in [5.41, 5.74) is 0. The van der Waals surface area contributed by atoms with Crippen LogP contribution >= 0.6 is 24.0 Å². The Bertz CT molecular complexity index is 665. The van der Waals surface area contributed by atoms with E-state index in [9.17, 15) is 8.42 Å². The van der Waals surface area contributed by atoms with Crippen LogP contribution in [-0.2, 0) is 19.3 Å². The average Bonchev–Trinajstić information content (AvgIpc) is 2.70. The zero-order valence-corrected chi connectivity index (χ0v) is 19.6. The van der Waals surface area contributed by atoms with Crippen LogP contribution in [0.5, 0.6) is 0 Å². The van der Waals surface area contributed by atoms with Gasteiger partial charge in [0.05, 0.1) is 10.6 Å². The largest absolute Gasteiger partial charge is 0.381 e. The van der Waals surface area contributed by atoms with Gasteiger partial charge in [-0.15, -0.1) is 24.0 Å². The molecule has 0 unspecified atom stereocenters. The van der Waals surface area contributed by atoms with Crippen LogP contribution in [0.1, 0.15) is 19.3 Å². The minimum absolute atomic E-state index is 0. The number of sulfone groups is 1. The van der Waals surface area contributed by atoms with Gasteiger partial charge < -0.3 is 20.1 Å². The molecule has 0 amide bonds. The van der Waals surface area contributed by atoms with Crippen LogP contribution in [0.4, 0.5) is 0 Å². The maximum absolute atomic E-state index is 12.2. The number of nitrogens with one attached hydrogen (secondary N) is 2. The highest BCUT2D eigenvalue weighted by Crippen LogP contribution is 2.14. The number of nitrogens with zero attached hydrogens (tertiary/aromatic N) is 1. The fourth-order valence-corrected chi connectivity index (χ4v) is 3.99. The zero-order chi connectivity index (χ0) is 19.4. The number of ether oxygens (including phenoxy) is 2. The minimum Gasteiger partial charge on any atom is -0.381 e. The minimum atomic E-state index is -3.28. The third-order valence-corrected chi connectivity index (χ3v) is 6.17. The molecule has 1 aromatic carbocycles. The molecule has 0 aliphatic carbocycles. The van der Waals surface area contributed by atoms with Crippen LogP contribution in [0, 0.1) is 5.92 Å². The number of rotatable bonds is 10. The van der Waals surface area contributed by atoms with Crippen molar-refractivity contribution < 1.29 is 17.9 Å². The highest BCUT2D eigenvalue weighted by molar-refractivity contribution is 14.0. The molecule has 2 N–H and O–H groups in total. The second-order valence-electron chi connectivity index (χ2n) is 6.54. The third-order valence-electron chi connectivity index (χ3n) is 4.44. The highest BCUT2D eigenvalue weighted by Gasteiger charge is 2.14. The summed E-state index contributed by atoms with van der Waals surface area (Å²) in [4.78, 5) is 4.46. The van der Waals surface area contributed by atoms with Crippen molar-refractivity contribution in [2.75, 3.05) is 52.3 Å². The van der Waals surface area contributed by atoms with E-state index in [-0.39, 0.29) is 29.7 Å². The second kappa shape index (κ2) is 14.1. The summed E-state index contributed by atoms with van der Waals surface area (Å²) in [5.74, 6) is 1.24. The molecule has 9 heteroatoms. The molecule has 0 bridgehead atoms. The Morgan fingerprint density at radius 2 is 1.86 bits per heavy atom. The maximum atomic E-state index is 12.2. The van der Waals surface area contributed by atoms with E-state index in [4.69, 9.17) is 9.47 Å². The lowest BCUT2D eigenvalue weighted by molar-refractivity contribution is 0.0203. The van der Waals surface area contributed by atoms with E-state index >= 15 is 0 Å². The first-order chi connectivity index (χ1) is 13.1. The van der Waals surface area contributed by atoms with E-state index in [1.165, 1.54) is 0 Å². The predicted molar refractivity (Wildman–Crippen MR) is 122 cm³/mol. The molecular weight excluding hydrogens is 493 g/mol. The first kappa shape index (κ1) is 25.1. The Labute approximate surface area is 185 Å². The van der Waals surface area contributed by atoms with E-state index in [0.29, 0.717) is 29.9 Å². The lowest BCUT2D eigenvalue weighted by Gasteiger charge is -2.21. The fourth-order valence-electron chi connectivity index (χ4n) is 2.81. The molecule has 2 rings (SSSR count). The van der Waals surface area contributed by atoms with Gasteiger partial charge in [-0.25, -0.2) is 8.42 Å². The van der Waals surface area contributed by atoms with Crippen molar-refractivity contribution in [3.63, 3.8) is 0 Å². The predicted octanol–water partition coefficient (Wildman–Crippen LogP) is 2.08. The van der Waals surface area contributed by atoms with Gasteiger partial charge in [0.1, 0.15) is 0 Å². The molecule has 1 aromatic rings. The van der Waals surface area contributed by atoms with Gasteiger partial charge in [0, 0.05) is 46.6 Å². The van der Waals surface area contributed by atoms with Gasteiger partial charge in [0.15, 0.2) is 15.8 Å². The van der Waals surface area contributed by atoms with Crippen molar-refractivity contribution in [1.29, 1.82) is 0 Å². The molecule has 1 fully saturated rings. The molecule has 1 aliphatic heterocycles. The van der Waals surface area contributed by atoms with E-state index in [0.717, 1.165) is 45.6 Å². The molecule has 1 aliphatic rings. The molecule has 7 nitrogen and oxygen atoms in total. The molecular formula is C19H32IN3O4S. The summed E-state index contributed by atoms with van der Waals surface area (Å²) in [7, 11) is -1.61. The molecule has 0 radical (unpaired) electrons. The normalized spacial score (nSPS) is 15.7. The van der Waals surface area contributed by atoms with Crippen molar-refractivity contribution in [1.82, 2.24) is 10.6 Å². The Hall–Kier alpha value is -0.910. The van der Waals surface area contributed by atoms with E-state index in [1.54, 1.807) is 37.4 Å². The summed E-state index contributed by atoms with van der Waals surface area (Å²) in [6.45, 7) is 4.21. The maximum Gasteiger partial charge on any atom is 0.191 e. The number of aliphatic imine (C=N–C) groups is 1.